The largest absolute Gasteiger partial charge is 0.378 e. The van der Waals surface area contributed by atoms with E-state index in [1.165, 1.54) is 0 Å². The minimum Gasteiger partial charge on any atom is -0.378 e. The van der Waals surface area contributed by atoms with Crippen LogP contribution in [-0.4, -0.2) is 66.4 Å². The summed E-state index contributed by atoms with van der Waals surface area (Å²) in [7, 11) is 1.81. The summed E-state index contributed by atoms with van der Waals surface area (Å²) >= 11 is 1.81. The fourth-order valence-electron chi connectivity index (χ4n) is 1.78. The van der Waals surface area contributed by atoms with E-state index >= 15 is 0 Å². The number of thioether (sulfide) groups is 1. The second-order valence-corrected chi connectivity index (χ2v) is 5.84. The first-order valence-electron chi connectivity index (χ1n) is 6.76. The summed E-state index contributed by atoms with van der Waals surface area (Å²) in [6, 6.07) is 0. The van der Waals surface area contributed by atoms with Crippen LogP contribution in [0.15, 0.2) is 0 Å². The molecule has 0 saturated carbocycles. The third kappa shape index (κ3) is 4.11. The van der Waals surface area contributed by atoms with Crippen LogP contribution in [0.25, 0.3) is 0 Å². The average Bonchev–Trinajstić information content (AvgIpc) is 2.53. The molecule has 0 amide bonds. The van der Waals surface area contributed by atoms with Crippen molar-refractivity contribution < 1.29 is 4.74 Å². The Bertz CT molecular complexity index is 426. The maximum Gasteiger partial charge on any atom is 0.232 e. The van der Waals surface area contributed by atoms with Gasteiger partial charge in [0, 0.05) is 31.9 Å². The third-order valence-electron chi connectivity index (χ3n) is 3.09. The lowest BCUT2D eigenvalue weighted by Gasteiger charge is -2.27. The molecule has 20 heavy (non-hydrogen) atoms. The molecule has 2 heterocycles. The summed E-state index contributed by atoms with van der Waals surface area (Å²) in [6.07, 6.45) is 2.10. The summed E-state index contributed by atoms with van der Waals surface area (Å²) in [6.45, 7) is 6.05. The summed E-state index contributed by atoms with van der Waals surface area (Å²) in [4.78, 5) is 15.4. The van der Waals surface area contributed by atoms with Gasteiger partial charge in [0.2, 0.25) is 17.8 Å². The van der Waals surface area contributed by atoms with Crippen LogP contribution in [-0.2, 0) is 4.74 Å². The van der Waals surface area contributed by atoms with Gasteiger partial charge in [0.05, 0.1) is 13.2 Å². The van der Waals surface area contributed by atoms with Crippen molar-refractivity contribution in [1.29, 1.82) is 0 Å². The molecule has 0 radical (unpaired) electrons. The Morgan fingerprint density at radius 3 is 2.60 bits per heavy atom. The van der Waals surface area contributed by atoms with Crippen molar-refractivity contribution in [3.05, 3.63) is 0 Å². The molecular formula is C12H22N6OS. The zero-order chi connectivity index (χ0) is 14.4. The zero-order valence-electron chi connectivity index (χ0n) is 12.2. The molecule has 1 fully saturated rings. The van der Waals surface area contributed by atoms with Gasteiger partial charge in [-0.05, 0) is 6.26 Å². The molecule has 1 aliphatic heterocycles. The number of aromatic nitrogens is 3. The highest BCUT2D eigenvalue weighted by Crippen LogP contribution is 2.15. The molecule has 1 aliphatic rings. The lowest BCUT2D eigenvalue weighted by Crippen LogP contribution is -2.37. The molecule has 7 nitrogen and oxygen atoms in total. The van der Waals surface area contributed by atoms with E-state index in [9.17, 15) is 0 Å². The zero-order valence-corrected chi connectivity index (χ0v) is 13.0. The van der Waals surface area contributed by atoms with Gasteiger partial charge in [0.1, 0.15) is 0 Å². The average molecular weight is 298 g/mol. The maximum absolute atomic E-state index is 5.35. The molecule has 2 N–H and O–H groups in total. The minimum atomic E-state index is 0.511. The van der Waals surface area contributed by atoms with Crippen molar-refractivity contribution in [2.45, 2.75) is 12.2 Å². The van der Waals surface area contributed by atoms with Crippen molar-refractivity contribution in [2.24, 2.45) is 0 Å². The van der Waals surface area contributed by atoms with E-state index in [-0.39, 0.29) is 0 Å². The van der Waals surface area contributed by atoms with E-state index in [0.717, 1.165) is 19.6 Å². The van der Waals surface area contributed by atoms with Gasteiger partial charge in [-0.25, -0.2) is 0 Å². The molecular weight excluding hydrogens is 276 g/mol. The number of anilines is 3. The van der Waals surface area contributed by atoms with Crippen LogP contribution in [0.3, 0.4) is 0 Å². The molecule has 0 aromatic carbocycles. The molecule has 1 unspecified atom stereocenters. The lowest BCUT2D eigenvalue weighted by molar-refractivity contribution is 0.122. The molecule has 0 aliphatic carbocycles. The number of rotatable bonds is 6. The number of morpholine rings is 1. The monoisotopic (exact) mass is 298 g/mol. The van der Waals surface area contributed by atoms with Gasteiger partial charge in [0.25, 0.3) is 0 Å². The fraction of sp³-hybridized carbons (Fsp3) is 0.750. The number of nitrogens with one attached hydrogen (secondary N) is 2. The highest BCUT2D eigenvalue weighted by Gasteiger charge is 2.16. The normalized spacial score (nSPS) is 16.9. The van der Waals surface area contributed by atoms with Gasteiger partial charge in [-0.2, -0.15) is 26.7 Å². The van der Waals surface area contributed by atoms with E-state index in [4.69, 9.17) is 4.74 Å². The molecule has 1 aromatic rings. The topological polar surface area (TPSA) is 75.2 Å². The van der Waals surface area contributed by atoms with Crippen molar-refractivity contribution >= 4 is 29.6 Å². The van der Waals surface area contributed by atoms with Crippen LogP contribution in [0, 0.1) is 0 Å². The van der Waals surface area contributed by atoms with Crippen LogP contribution >= 0.6 is 11.8 Å². The Kier molecular flexibility index (Phi) is 5.66. The van der Waals surface area contributed by atoms with Crippen molar-refractivity contribution in [3.8, 4) is 0 Å². The van der Waals surface area contributed by atoms with Crippen LogP contribution in [0.4, 0.5) is 17.8 Å². The summed E-state index contributed by atoms with van der Waals surface area (Å²) in [5, 5.41) is 6.76. The first-order chi connectivity index (χ1) is 9.72. The minimum absolute atomic E-state index is 0.511. The summed E-state index contributed by atoms with van der Waals surface area (Å²) in [5.74, 6) is 1.90. The second-order valence-electron chi connectivity index (χ2n) is 4.56. The van der Waals surface area contributed by atoms with Crippen LogP contribution in [0.5, 0.6) is 0 Å². The fourth-order valence-corrected chi connectivity index (χ4v) is 2.03. The first kappa shape index (κ1) is 15.1. The Morgan fingerprint density at radius 2 is 1.95 bits per heavy atom. The SMILES string of the molecule is CNc1nc(NCC(C)SC)nc(N2CCOCC2)n1. The highest BCUT2D eigenvalue weighted by molar-refractivity contribution is 7.99. The van der Waals surface area contributed by atoms with E-state index in [1.54, 1.807) is 0 Å². The summed E-state index contributed by atoms with van der Waals surface area (Å²) < 4.78 is 5.35. The molecule has 1 aromatic heterocycles. The molecule has 2 rings (SSSR count). The predicted octanol–water partition coefficient (Wildman–Crippen LogP) is 0.913. The highest BCUT2D eigenvalue weighted by atomic mass is 32.2. The lowest BCUT2D eigenvalue weighted by atomic mass is 10.4. The van der Waals surface area contributed by atoms with E-state index in [1.807, 2.05) is 18.8 Å². The van der Waals surface area contributed by atoms with Gasteiger partial charge in [-0.3, -0.25) is 0 Å². The number of nitrogens with zero attached hydrogens (tertiary/aromatic N) is 4. The Labute approximate surface area is 123 Å². The smallest absolute Gasteiger partial charge is 0.232 e. The molecule has 8 heteroatoms. The standard InChI is InChI=1S/C12H22N6OS/c1-9(20-3)8-14-11-15-10(13-2)16-12(17-11)18-4-6-19-7-5-18/h9H,4-8H2,1-3H3,(H2,13,14,15,16,17). The molecule has 1 saturated heterocycles. The first-order valence-corrected chi connectivity index (χ1v) is 8.05. The van der Waals surface area contributed by atoms with Gasteiger partial charge in [0.15, 0.2) is 0 Å². The number of hydrogen-bond donors (Lipinski definition) is 2. The Morgan fingerprint density at radius 1 is 1.25 bits per heavy atom. The van der Waals surface area contributed by atoms with Crippen LogP contribution in [0.2, 0.25) is 0 Å². The molecule has 1 atom stereocenters. The third-order valence-corrected chi connectivity index (χ3v) is 4.06. The van der Waals surface area contributed by atoms with Gasteiger partial charge in [-0.15, -0.1) is 0 Å². The Balaban J connectivity index is 2.10. The number of ether oxygens (including phenoxy) is 1. The van der Waals surface area contributed by atoms with Crippen molar-refractivity contribution in [2.75, 3.05) is 61.7 Å². The quantitative estimate of drug-likeness (QED) is 0.803. The molecule has 0 spiro atoms. The van der Waals surface area contributed by atoms with E-state index in [2.05, 4.69) is 43.7 Å². The van der Waals surface area contributed by atoms with Crippen LogP contribution < -0.4 is 15.5 Å². The second kappa shape index (κ2) is 7.49. The van der Waals surface area contributed by atoms with Crippen LogP contribution in [0.1, 0.15) is 6.92 Å². The van der Waals surface area contributed by atoms with E-state index in [0.29, 0.717) is 36.3 Å². The Hall–Kier alpha value is -1.28. The molecule has 0 bridgehead atoms. The maximum atomic E-state index is 5.35. The molecule has 112 valence electrons. The van der Waals surface area contributed by atoms with Gasteiger partial charge >= 0.3 is 0 Å². The number of hydrogen-bond acceptors (Lipinski definition) is 8. The predicted molar refractivity (Wildman–Crippen MR) is 83.9 cm³/mol. The van der Waals surface area contributed by atoms with Crippen molar-refractivity contribution in [3.63, 3.8) is 0 Å². The van der Waals surface area contributed by atoms with Gasteiger partial charge < -0.3 is 20.3 Å². The van der Waals surface area contributed by atoms with E-state index < -0.39 is 0 Å². The van der Waals surface area contributed by atoms with Crippen molar-refractivity contribution in [1.82, 2.24) is 15.0 Å². The van der Waals surface area contributed by atoms with Gasteiger partial charge in [-0.1, -0.05) is 6.92 Å². The summed E-state index contributed by atoms with van der Waals surface area (Å²) in [5.41, 5.74) is 0.